The summed E-state index contributed by atoms with van der Waals surface area (Å²) in [5.74, 6) is 0. The summed E-state index contributed by atoms with van der Waals surface area (Å²) in [5.41, 5.74) is 0. The van der Waals surface area contributed by atoms with Gasteiger partial charge in [-0.1, -0.05) is 26.2 Å². The van der Waals surface area contributed by atoms with Crippen molar-refractivity contribution in [2.45, 2.75) is 26.2 Å². The molecule has 0 heterocycles. The van der Waals surface area contributed by atoms with Crippen molar-refractivity contribution in [3.05, 3.63) is 0 Å². The maximum absolute atomic E-state index is 2.38. The first-order valence-corrected chi connectivity index (χ1v) is 9.85. The van der Waals surface area contributed by atoms with Crippen LogP contribution in [0.1, 0.15) is 0 Å². The van der Waals surface area contributed by atoms with Gasteiger partial charge < -0.3 is 0 Å². The van der Waals surface area contributed by atoms with Gasteiger partial charge in [0, 0.05) is 0 Å². The Hall–Kier alpha value is 0.784. The van der Waals surface area contributed by atoms with Gasteiger partial charge in [-0.3, -0.25) is 0 Å². The quantitative estimate of drug-likeness (QED) is 0.592. The molecular weight excluding hydrogens is 160 g/mol. The standard InChI is InChI=1S/C6H16SSi2/c1-8(2)5-7-6-9(3)4/h5-6H2,1-4H3. The van der Waals surface area contributed by atoms with Crippen LogP contribution in [0.25, 0.3) is 0 Å². The van der Waals surface area contributed by atoms with Crippen molar-refractivity contribution >= 4 is 29.4 Å². The number of thioether (sulfide) groups is 1. The van der Waals surface area contributed by atoms with Gasteiger partial charge in [0.1, 0.15) is 0 Å². The second-order valence-corrected chi connectivity index (χ2v) is 10.5. The molecular formula is C6H16SSi2. The summed E-state index contributed by atoms with van der Waals surface area (Å²) in [5, 5.41) is 2.89. The first kappa shape index (κ1) is 9.78. The van der Waals surface area contributed by atoms with Crippen LogP contribution in [0.5, 0.6) is 0 Å². The molecule has 3 heteroatoms. The molecule has 0 saturated carbocycles. The molecule has 0 aliphatic rings. The number of hydrogen-bond acceptors (Lipinski definition) is 1. The minimum Gasteiger partial charge on any atom is -0.169 e. The van der Waals surface area contributed by atoms with Crippen LogP contribution in [-0.4, -0.2) is 28.3 Å². The third-order valence-electron chi connectivity index (χ3n) is 0.781. The zero-order valence-corrected chi connectivity index (χ0v) is 9.64. The highest BCUT2D eigenvalue weighted by Gasteiger charge is 1.98. The molecule has 0 saturated heterocycles. The Bertz CT molecular complexity index is 56.1. The van der Waals surface area contributed by atoms with Crippen molar-refractivity contribution in [1.29, 1.82) is 0 Å². The van der Waals surface area contributed by atoms with E-state index in [4.69, 9.17) is 0 Å². The van der Waals surface area contributed by atoms with E-state index < -0.39 is 0 Å². The van der Waals surface area contributed by atoms with Gasteiger partial charge in [0.05, 0.1) is 17.6 Å². The first-order valence-electron chi connectivity index (χ1n) is 3.28. The normalized spacial score (nSPS) is 11.3. The molecule has 0 N–H and O–H groups in total. The van der Waals surface area contributed by atoms with Gasteiger partial charge in [-0.05, 0) is 10.8 Å². The topological polar surface area (TPSA) is 0 Å². The van der Waals surface area contributed by atoms with Crippen LogP contribution in [0.4, 0.5) is 0 Å². The molecule has 0 bridgehead atoms. The molecule has 0 rings (SSSR count). The van der Waals surface area contributed by atoms with E-state index in [-0.39, 0.29) is 17.6 Å². The summed E-state index contributed by atoms with van der Waals surface area (Å²) in [6, 6.07) is 0. The Morgan fingerprint density at radius 1 is 0.889 bits per heavy atom. The molecule has 0 amide bonds. The predicted molar refractivity (Wildman–Crippen MR) is 52.3 cm³/mol. The minimum atomic E-state index is 0.0490. The fourth-order valence-corrected chi connectivity index (χ4v) is 5.05. The molecule has 0 aromatic heterocycles. The van der Waals surface area contributed by atoms with E-state index in [2.05, 4.69) is 37.9 Å². The maximum atomic E-state index is 2.38. The zero-order valence-electron chi connectivity index (χ0n) is 6.82. The van der Waals surface area contributed by atoms with E-state index in [1.165, 1.54) is 10.8 Å². The second kappa shape index (κ2) is 5.56. The third-order valence-corrected chi connectivity index (χ3v) is 7.03. The largest absolute Gasteiger partial charge is 0.169 e. The van der Waals surface area contributed by atoms with Gasteiger partial charge in [-0.25, -0.2) is 0 Å². The average Bonchev–Trinajstić information content (AvgIpc) is 1.63. The Morgan fingerprint density at radius 2 is 1.22 bits per heavy atom. The Balaban J connectivity index is 2.91. The smallest absolute Gasteiger partial charge is 0.0529 e. The van der Waals surface area contributed by atoms with Crippen molar-refractivity contribution < 1.29 is 0 Å². The van der Waals surface area contributed by atoms with Gasteiger partial charge in [0.2, 0.25) is 0 Å². The molecule has 0 atom stereocenters. The fraction of sp³-hybridized carbons (Fsp3) is 1.00. The van der Waals surface area contributed by atoms with E-state index in [0.717, 1.165) is 0 Å². The van der Waals surface area contributed by atoms with Crippen LogP contribution in [-0.2, 0) is 0 Å². The van der Waals surface area contributed by atoms with Crippen molar-refractivity contribution in [1.82, 2.24) is 0 Å². The van der Waals surface area contributed by atoms with E-state index in [0.29, 0.717) is 0 Å². The van der Waals surface area contributed by atoms with E-state index in [9.17, 15) is 0 Å². The maximum Gasteiger partial charge on any atom is 0.0529 e. The zero-order chi connectivity index (χ0) is 7.28. The second-order valence-electron chi connectivity index (χ2n) is 2.91. The Kier molecular flexibility index (Phi) is 6.04. The average molecular weight is 176 g/mol. The fourth-order valence-electron chi connectivity index (χ4n) is 0.459. The van der Waals surface area contributed by atoms with E-state index in [1.54, 1.807) is 0 Å². The summed E-state index contributed by atoms with van der Waals surface area (Å²) < 4.78 is 0. The Morgan fingerprint density at radius 3 is 1.44 bits per heavy atom. The highest BCUT2D eigenvalue weighted by Crippen LogP contribution is 2.03. The Labute approximate surface area is 66.6 Å². The van der Waals surface area contributed by atoms with E-state index in [1.807, 2.05) is 0 Å². The number of hydrogen-bond donors (Lipinski definition) is 0. The molecule has 0 aliphatic heterocycles. The van der Waals surface area contributed by atoms with Crippen molar-refractivity contribution in [3.8, 4) is 0 Å². The van der Waals surface area contributed by atoms with Gasteiger partial charge in [-0.15, -0.1) is 0 Å². The van der Waals surface area contributed by atoms with Gasteiger partial charge in [-0.2, -0.15) is 11.8 Å². The van der Waals surface area contributed by atoms with Gasteiger partial charge >= 0.3 is 0 Å². The molecule has 0 fully saturated rings. The third kappa shape index (κ3) is 8.78. The van der Waals surface area contributed by atoms with Gasteiger partial charge in [0.25, 0.3) is 0 Å². The molecule has 54 valence electrons. The van der Waals surface area contributed by atoms with Crippen molar-refractivity contribution in [2.24, 2.45) is 0 Å². The van der Waals surface area contributed by atoms with Crippen LogP contribution in [0.3, 0.4) is 0 Å². The molecule has 9 heavy (non-hydrogen) atoms. The molecule has 0 nitrogen and oxygen atoms in total. The lowest BCUT2D eigenvalue weighted by molar-refractivity contribution is 1.81. The van der Waals surface area contributed by atoms with Crippen LogP contribution in [0.2, 0.25) is 26.2 Å². The highest BCUT2D eigenvalue weighted by atomic mass is 32.2. The monoisotopic (exact) mass is 176 g/mol. The molecule has 0 aromatic carbocycles. The van der Waals surface area contributed by atoms with E-state index >= 15 is 0 Å². The van der Waals surface area contributed by atoms with Crippen molar-refractivity contribution in [3.63, 3.8) is 0 Å². The lowest BCUT2D eigenvalue weighted by Gasteiger charge is -2.03. The van der Waals surface area contributed by atoms with Crippen LogP contribution >= 0.6 is 11.8 Å². The SMILES string of the molecule is C[Si](C)CSC[Si](C)C. The summed E-state index contributed by atoms with van der Waals surface area (Å²) >= 11 is 2.16. The minimum absolute atomic E-state index is 0.0490. The lowest BCUT2D eigenvalue weighted by atomic mass is 11.8. The predicted octanol–water partition coefficient (Wildman–Crippen LogP) is 2.31. The van der Waals surface area contributed by atoms with Crippen LogP contribution < -0.4 is 0 Å². The summed E-state index contributed by atoms with van der Waals surface area (Å²) in [6.45, 7) is 9.54. The molecule has 0 unspecified atom stereocenters. The van der Waals surface area contributed by atoms with Gasteiger partial charge in [0.15, 0.2) is 0 Å². The molecule has 0 aromatic rings. The molecule has 2 radical (unpaired) electrons. The summed E-state index contributed by atoms with van der Waals surface area (Å²) in [6.07, 6.45) is 0. The number of rotatable bonds is 4. The van der Waals surface area contributed by atoms with Crippen LogP contribution in [0, 0.1) is 0 Å². The summed E-state index contributed by atoms with van der Waals surface area (Å²) in [4.78, 5) is 0. The lowest BCUT2D eigenvalue weighted by Crippen LogP contribution is -2.10. The first-order chi connectivity index (χ1) is 4.13. The van der Waals surface area contributed by atoms with Crippen molar-refractivity contribution in [2.75, 3.05) is 10.8 Å². The highest BCUT2D eigenvalue weighted by molar-refractivity contribution is 8.01. The molecule has 0 aliphatic carbocycles. The molecule has 0 spiro atoms. The summed E-state index contributed by atoms with van der Waals surface area (Å²) in [7, 11) is 0.0980. The van der Waals surface area contributed by atoms with Crippen LogP contribution in [0.15, 0.2) is 0 Å².